The van der Waals surface area contributed by atoms with Crippen LogP contribution in [0.2, 0.25) is 0 Å². The summed E-state index contributed by atoms with van der Waals surface area (Å²) in [5.74, 6) is -4.00. The maximum atomic E-state index is 13.5. The summed E-state index contributed by atoms with van der Waals surface area (Å²) >= 11 is 0. The highest BCUT2D eigenvalue weighted by atomic mass is 31.2. The number of phosphoric ester groups is 1. The Balaban J connectivity index is 2.13. The Morgan fingerprint density at radius 3 is 1.94 bits per heavy atom. The molecule has 0 spiro atoms. The van der Waals surface area contributed by atoms with Crippen molar-refractivity contribution in [3.63, 3.8) is 0 Å². The molecule has 2 aliphatic rings. The van der Waals surface area contributed by atoms with Gasteiger partial charge in [0.05, 0.1) is 37.1 Å². The number of esters is 2. The Morgan fingerprint density at radius 1 is 0.766 bits per heavy atom. The van der Waals surface area contributed by atoms with Crippen molar-refractivity contribution in [1.82, 2.24) is 0 Å². The van der Waals surface area contributed by atoms with Crippen molar-refractivity contribution in [3.8, 4) is 0 Å². The van der Waals surface area contributed by atoms with Crippen molar-refractivity contribution in [2.24, 2.45) is 11.8 Å². The minimum absolute atomic E-state index is 0.0959. The van der Waals surface area contributed by atoms with Crippen molar-refractivity contribution in [2.45, 2.75) is 235 Å². The molecule has 13 atom stereocenters. The van der Waals surface area contributed by atoms with Crippen molar-refractivity contribution >= 4 is 19.8 Å². The first-order valence-corrected chi connectivity index (χ1v) is 25.9. The van der Waals surface area contributed by atoms with Crippen LogP contribution in [0.1, 0.15) is 174 Å². The van der Waals surface area contributed by atoms with Crippen LogP contribution in [0.4, 0.5) is 0 Å². The molecule has 374 valence electrons. The molecular weight excluding hydrogens is 851 g/mol. The van der Waals surface area contributed by atoms with Crippen molar-refractivity contribution in [3.05, 3.63) is 24.3 Å². The molecule has 0 aromatic rings. The number of unbranched alkanes of at least 4 members (excludes halogenated alkanes) is 16. The van der Waals surface area contributed by atoms with Gasteiger partial charge in [-0.05, 0) is 32.1 Å². The largest absolute Gasteiger partial charge is 0.472 e. The van der Waals surface area contributed by atoms with Gasteiger partial charge in [-0.25, -0.2) is 4.57 Å². The third kappa shape index (κ3) is 23.8. The molecule has 1 heterocycles. The van der Waals surface area contributed by atoms with E-state index in [1.54, 1.807) is 12.2 Å². The Bertz CT molecular complexity index is 1350. The molecule has 1 fully saturated rings. The van der Waals surface area contributed by atoms with E-state index in [2.05, 4.69) is 6.92 Å². The van der Waals surface area contributed by atoms with E-state index in [-0.39, 0.29) is 25.7 Å². The van der Waals surface area contributed by atoms with Gasteiger partial charge in [0.2, 0.25) is 0 Å². The molecule has 64 heavy (non-hydrogen) atoms. The van der Waals surface area contributed by atoms with Gasteiger partial charge in [-0.1, -0.05) is 147 Å². The number of hydrogen-bond donors (Lipinski definition) is 9. The van der Waals surface area contributed by atoms with Crippen molar-refractivity contribution in [2.75, 3.05) is 13.2 Å². The van der Waals surface area contributed by atoms with Gasteiger partial charge >= 0.3 is 19.8 Å². The zero-order valence-corrected chi connectivity index (χ0v) is 39.6. The second kappa shape index (κ2) is 33.6. The summed E-state index contributed by atoms with van der Waals surface area (Å²) in [6.07, 6.45) is 7.24. The third-order valence-corrected chi connectivity index (χ3v) is 13.3. The summed E-state index contributed by atoms with van der Waals surface area (Å²) in [7, 11) is -5.43. The molecule has 9 N–H and O–H groups in total. The van der Waals surface area contributed by atoms with Gasteiger partial charge in [-0.3, -0.25) is 18.6 Å². The van der Waals surface area contributed by atoms with Gasteiger partial charge in [0.25, 0.3) is 0 Å². The smallest absolute Gasteiger partial charge is 0.462 e. The van der Waals surface area contributed by atoms with Crippen LogP contribution in [-0.4, -0.2) is 132 Å². The van der Waals surface area contributed by atoms with Gasteiger partial charge in [0.1, 0.15) is 31.0 Å². The Morgan fingerprint density at radius 2 is 1.33 bits per heavy atom. The van der Waals surface area contributed by atoms with Crippen molar-refractivity contribution in [1.29, 1.82) is 0 Å². The summed E-state index contributed by atoms with van der Waals surface area (Å²) in [6, 6.07) is 0. The van der Waals surface area contributed by atoms with E-state index in [9.17, 15) is 59.9 Å². The van der Waals surface area contributed by atoms with Gasteiger partial charge in [-0.2, -0.15) is 0 Å². The van der Waals surface area contributed by atoms with Crippen LogP contribution < -0.4 is 0 Å². The molecule has 1 aliphatic carbocycles. The Hall–Kier alpha value is -1.79. The number of phosphoric acid groups is 1. The molecule has 16 nitrogen and oxygen atoms in total. The first-order chi connectivity index (χ1) is 30.6. The van der Waals surface area contributed by atoms with E-state index in [4.69, 9.17) is 18.5 Å². The van der Waals surface area contributed by atoms with Crippen LogP contribution in [0.3, 0.4) is 0 Å². The lowest BCUT2D eigenvalue weighted by Crippen LogP contribution is -2.55. The highest BCUT2D eigenvalue weighted by Crippen LogP contribution is 2.47. The first kappa shape index (κ1) is 58.3. The van der Waals surface area contributed by atoms with E-state index in [1.807, 2.05) is 6.92 Å². The maximum Gasteiger partial charge on any atom is 0.472 e. The van der Waals surface area contributed by atoms with Crippen LogP contribution in [0.25, 0.3) is 0 Å². The fourth-order valence-corrected chi connectivity index (χ4v) is 9.26. The minimum atomic E-state index is -5.43. The highest BCUT2D eigenvalue weighted by Gasteiger charge is 2.49. The fourth-order valence-electron chi connectivity index (χ4n) is 8.28. The summed E-state index contributed by atoms with van der Waals surface area (Å²) in [5, 5.41) is 89.9. The zero-order chi connectivity index (χ0) is 47.3. The van der Waals surface area contributed by atoms with E-state index in [0.29, 0.717) is 25.7 Å². The topological polar surface area (TPSA) is 270 Å². The van der Waals surface area contributed by atoms with Gasteiger partial charge < -0.3 is 55.2 Å². The van der Waals surface area contributed by atoms with Crippen molar-refractivity contribution < 1.29 is 78.4 Å². The second-order valence-electron chi connectivity index (χ2n) is 17.9. The van der Waals surface area contributed by atoms with Gasteiger partial charge in [0, 0.05) is 31.1 Å². The Labute approximate surface area is 382 Å². The lowest BCUT2D eigenvalue weighted by Gasteiger charge is -2.37. The summed E-state index contributed by atoms with van der Waals surface area (Å²) in [6.45, 7) is 2.84. The number of carbonyl (C=O) groups excluding carboxylic acids is 2. The van der Waals surface area contributed by atoms with Crippen LogP contribution >= 0.6 is 7.82 Å². The SMILES string of the molecule is CCCCCCCCCCCCCCCCCC(=O)OC[C@@H]1COP(=O)(O)O[C@H]2[C@H](O)[C@@H](O)[C@H](O)[C@@H](CC=CCCCC(=O)O1)[C@@H](O)C[C@@H](O)[C@H](/C=C\[C@@H](O)CCCCC)[C@@H](O)[C@H]2O. The van der Waals surface area contributed by atoms with E-state index in [0.717, 1.165) is 38.5 Å². The quantitative estimate of drug-likeness (QED) is 0.0233. The first-order valence-electron chi connectivity index (χ1n) is 24.4. The minimum Gasteiger partial charge on any atom is -0.462 e. The molecule has 2 bridgehead atoms. The molecule has 17 heteroatoms. The number of carbonyl (C=O) groups is 2. The highest BCUT2D eigenvalue weighted by molar-refractivity contribution is 7.47. The molecule has 0 aromatic heterocycles. The summed E-state index contributed by atoms with van der Waals surface area (Å²) in [5.41, 5.74) is 0. The number of aliphatic hydroxyl groups excluding tert-OH is 8. The average molecular weight is 937 g/mol. The number of rotatable bonds is 24. The van der Waals surface area contributed by atoms with Crippen LogP contribution in [0, 0.1) is 11.8 Å². The number of ether oxygens (including phenoxy) is 2. The molecule has 0 radical (unpaired) electrons. The number of fused-ring (bicyclic) bond motifs is 4. The normalized spacial score (nSPS) is 32.2. The molecule has 2 rings (SSSR count). The number of allylic oxidation sites excluding steroid dienone is 2. The zero-order valence-electron chi connectivity index (χ0n) is 38.7. The van der Waals surface area contributed by atoms with Crippen LogP contribution in [0.15, 0.2) is 24.3 Å². The molecule has 1 aliphatic heterocycles. The number of cyclic esters (lactones) is 1. The number of hydrogen-bond acceptors (Lipinski definition) is 15. The van der Waals surface area contributed by atoms with E-state index in [1.165, 1.54) is 76.4 Å². The van der Waals surface area contributed by atoms with E-state index >= 15 is 0 Å². The predicted octanol–water partition coefficient (Wildman–Crippen LogP) is 6.00. The molecule has 1 unspecified atom stereocenters. The molecule has 1 saturated carbocycles. The maximum absolute atomic E-state index is 13.5. The van der Waals surface area contributed by atoms with Crippen LogP contribution in [-0.2, 0) is 32.7 Å². The fraction of sp³-hybridized carbons (Fsp3) is 0.872. The van der Waals surface area contributed by atoms with Crippen LogP contribution in [0.5, 0.6) is 0 Å². The lowest BCUT2D eigenvalue weighted by atomic mass is 9.83. The second-order valence-corrected chi connectivity index (χ2v) is 19.3. The monoisotopic (exact) mass is 937 g/mol. The number of aliphatic hydroxyl groups is 8. The average Bonchev–Trinajstić information content (AvgIpc) is 3.26. The summed E-state index contributed by atoms with van der Waals surface area (Å²) in [4.78, 5) is 36.4. The van der Waals surface area contributed by atoms with E-state index < -0.39 is 112 Å². The Kier molecular flexibility index (Phi) is 30.7. The standard InChI is InChI=1S/C47H85O16P/c1-3-5-7-8-9-10-11-12-13-14-15-16-17-18-23-27-40(51)60-32-35-33-61-64(58,59)63-47-45(56)43(54)37(30-29-34(48)25-21-6-4-2)39(50)31-38(49)36(42(53)44(55)46(47)57)26-22-19-20-24-28-41(52)62-35/h19,22,29-30,34-39,42-50,53-57H,3-18,20-21,23-28,31-33H2,1-2H3,(H,58,59)/b22-19?,30-29-/t34-,35+,36-,37-,38-,39+,42+,43+,44-,45+,46+,47+/m0/s1. The molecular formula is C47H85O16P. The lowest BCUT2D eigenvalue weighted by molar-refractivity contribution is -0.167. The van der Waals surface area contributed by atoms with Gasteiger partial charge in [-0.15, -0.1) is 0 Å². The van der Waals surface area contributed by atoms with Gasteiger partial charge in [0.15, 0.2) is 6.10 Å². The molecule has 0 saturated heterocycles. The third-order valence-electron chi connectivity index (χ3n) is 12.4. The predicted molar refractivity (Wildman–Crippen MR) is 242 cm³/mol. The molecule has 0 aromatic carbocycles. The molecule has 0 amide bonds. The summed E-state index contributed by atoms with van der Waals surface area (Å²) < 4.78 is 34.7.